The first-order chi connectivity index (χ1) is 11.1. The van der Waals surface area contributed by atoms with Crippen LogP contribution in [0.15, 0.2) is 48.5 Å². The average Bonchev–Trinajstić information content (AvgIpc) is 2.58. The molecule has 2 N–H and O–H groups in total. The SMILES string of the molecule is CC1NCCCC1NC(=O)c1cc(-c2ccccc2)ccc1Cl.Cl. The summed E-state index contributed by atoms with van der Waals surface area (Å²) in [6.45, 7) is 3.11. The highest BCUT2D eigenvalue weighted by atomic mass is 35.5. The van der Waals surface area contributed by atoms with E-state index in [0.29, 0.717) is 10.6 Å². The molecule has 3 rings (SSSR count). The molecule has 0 aromatic heterocycles. The van der Waals surface area contributed by atoms with Crippen LogP contribution < -0.4 is 10.6 Å². The second-order valence-corrected chi connectivity index (χ2v) is 6.43. The highest BCUT2D eigenvalue weighted by molar-refractivity contribution is 6.34. The van der Waals surface area contributed by atoms with Gasteiger partial charge in [-0.25, -0.2) is 0 Å². The van der Waals surface area contributed by atoms with Crippen LogP contribution in [0.1, 0.15) is 30.1 Å². The molecule has 2 aromatic carbocycles. The predicted octanol–water partition coefficient (Wildman–Crippen LogP) is 4.30. The van der Waals surface area contributed by atoms with Crippen molar-refractivity contribution in [3.63, 3.8) is 0 Å². The van der Waals surface area contributed by atoms with Crippen molar-refractivity contribution in [3.05, 3.63) is 59.1 Å². The summed E-state index contributed by atoms with van der Waals surface area (Å²) in [4.78, 5) is 12.6. The second-order valence-electron chi connectivity index (χ2n) is 6.03. The van der Waals surface area contributed by atoms with E-state index in [1.54, 1.807) is 6.07 Å². The maximum atomic E-state index is 12.6. The van der Waals surface area contributed by atoms with Gasteiger partial charge in [0, 0.05) is 12.1 Å². The fourth-order valence-corrected chi connectivity index (χ4v) is 3.20. The Kier molecular flexibility index (Phi) is 6.67. The van der Waals surface area contributed by atoms with Gasteiger partial charge in [0.2, 0.25) is 0 Å². The van der Waals surface area contributed by atoms with Crippen molar-refractivity contribution in [2.75, 3.05) is 6.54 Å². The summed E-state index contributed by atoms with van der Waals surface area (Å²) in [5.41, 5.74) is 2.60. The molecule has 2 unspecified atom stereocenters. The van der Waals surface area contributed by atoms with Gasteiger partial charge in [-0.15, -0.1) is 12.4 Å². The molecule has 128 valence electrons. The molecule has 0 bridgehead atoms. The zero-order valence-electron chi connectivity index (χ0n) is 13.6. The number of benzene rings is 2. The van der Waals surface area contributed by atoms with Crippen LogP contribution in [-0.2, 0) is 0 Å². The Hall–Kier alpha value is -1.55. The molecule has 1 aliphatic heterocycles. The molecule has 1 fully saturated rings. The van der Waals surface area contributed by atoms with Crippen LogP contribution in [0.25, 0.3) is 11.1 Å². The molecule has 2 aromatic rings. The number of halogens is 2. The minimum Gasteiger partial charge on any atom is -0.348 e. The normalized spacial score (nSPS) is 20.1. The van der Waals surface area contributed by atoms with E-state index in [4.69, 9.17) is 11.6 Å². The van der Waals surface area contributed by atoms with E-state index in [-0.39, 0.29) is 30.4 Å². The van der Waals surface area contributed by atoms with Gasteiger partial charge < -0.3 is 10.6 Å². The van der Waals surface area contributed by atoms with Crippen molar-refractivity contribution in [2.45, 2.75) is 31.8 Å². The number of carbonyl (C=O) groups is 1. The highest BCUT2D eigenvalue weighted by Gasteiger charge is 2.23. The summed E-state index contributed by atoms with van der Waals surface area (Å²) in [6, 6.07) is 16.0. The molecule has 1 aliphatic rings. The summed E-state index contributed by atoms with van der Waals surface area (Å²) >= 11 is 6.26. The number of carbonyl (C=O) groups excluding carboxylic acids is 1. The lowest BCUT2D eigenvalue weighted by molar-refractivity contribution is 0.0920. The fourth-order valence-electron chi connectivity index (χ4n) is 3.00. The Bertz CT molecular complexity index is 691. The first-order valence-corrected chi connectivity index (χ1v) is 8.42. The van der Waals surface area contributed by atoms with Gasteiger partial charge in [0.05, 0.1) is 10.6 Å². The molecule has 1 saturated heterocycles. The van der Waals surface area contributed by atoms with Crippen LogP contribution in [0.2, 0.25) is 5.02 Å². The van der Waals surface area contributed by atoms with Crippen LogP contribution in [0.4, 0.5) is 0 Å². The first-order valence-electron chi connectivity index (χ1n) is 8.04. The van der Waals surface area contributed by atoms with E-state index in [1.807, 2.05) is 42.5 Å². The maximum absolute atomic E-state index is 12.6. The first kappa shape index (κ1) is 18.8. The van der Waals surface area contributed by atoms with Gasteiger partial charge in [-0.2, -0.15) is 0 Å². The number of piperidine rings is 1. The van der Waals surface area contributed by atoms with E-state index in [0.717, 1.165) is 30.5 Å². The molecular weight excluding hydrogens is 343 g/mol. The van der Waals surface area contributed by atoms with Crippen LogP contribution >= 0.6 is 24.0 Å². The van der Waals surface area contributed by atoms with E-state index >= 15 is 0 Å². The standard InChI is InChI=1S/C19H21ClN2O.ClH/c1-13-18(8-5-11-21-13)22-19(23)16-12-15(9-10-17(16)20)14-6-3-2-4-7-14;/h2-4,6-7,9-10,12-13,18,21H,5,8,11H2,1H3,(H,22,23);1H. The molecule has 24 heavy (non-hydrogen) atoms. The van der Waals surface area contributed by atoms with Gasteiger partial charge in [-0.05, 0) is 49.6 Å². The topological polar surface area (TPSA) is 41.1 Å². The van der Waals surface area contributed by atoms with Crippen molar-refractivity contribution < 1.29 is 4.79 Å². The van der Waals surface area contributed by atoms with Crippen molar-refractivity contribution in [1.29, 1.82) is 0 Å². The summed E-state index contributed by atoms with van der Waals surface area (Å²) in [5.74, 6) is -0.103. The molecule has 0 saturated carbocycles. The van der Waals surface area contributed by atoms with Gasteiger partial charge >= 0.3 is 0 Å². The number of hydrogen-bond acceptors (Lipinski definition) is 2. The third-order valence-electron chi connectivity index (χ3n) is 4.40. The van der Waals surface area contributed by atoms with Crippen LogP contribution in [-0.4, -0.2) is 24.5 Å². The quantitative estimate of drug-likeness (QED) is 0.852. The third kappa shape index (κ3) is 4.29. The van der Waals surface area contributed by atoms with Crippen LogP contribution in [0, 0.1) is 0 Å². The maximum Gasteiger partial charge on any atom is 0.253 e. The van der Waals surface area contributed by atoms with Gasteiger partial charge in [0.15, 0.2) is 0 Å². The van der Waals surface area contributed by atoms with E-state index < -0.39 is 0 Å². The van der Waals surface area contributed by atoms with Gasteiger partial charge in [-0.3, -0.25) is 4.79 Å². The lowest BCUT2D eigenvalue weighted by atomic mass is 9.98. The lowest BCUT2D eigenvalue weighted by Crippen LogP contribution is -2.51. The molecule has 0 aliphatic carbocycles. The minimum atomic E-state index is -0.103. The van der Waals surface area contributed by atoms with Crippen molar-refractivity contribution in [2.24, 2.45) is 0 Å². The molecule has 3 nitrogen and oxygen atoms in total. The Morgan fingerprint density at radius 2 is 1.92 bits per heavy atom. The largest absolute Gasteiger partial charge is 0.348 e. The van der Waals surface area contributed by atoms with Crippen LogP contribution in [0.5, 0.6) is 0 Å². The molecule has 5 heteroatoms. The highest BCUT2D eigenvalue weighted by Crippen LogP contribution is 2.25. The molecule has 2 atom stereocenters. The zero-order valence-corrected chi connectivity index (χ0v) is 15.2. The summed E-state index contributed by atoms with van der Waals surface area (Å²) < 4.78 is 0. The van der Waals surface area contributed by atoms with Gasteiger partial charge in [0.1, 0.15) is 0 Å². The summed E-state index contributed by atoms with van der Waals surface area (Å²) in [6.07, 6.45) is 2.07. The summed E-state index contributed by atoms with van der Waals surface area (Å²) in [7, 11) is 0. The third-order valence-corrected chi connectivity index (χ3v) is 4.73. The van der Waals surface area contributed by atoms with Gasteiger partial charge in [0.25, 0.3) is 5.91 Å². The molecule has 1 amide bonds. The van der Waals surface area contributed by atoms with E-state index in [9.17, 15) is 4.79 Å². The number of nitrogens with one attached hydrogen (secondary N) is 2. The molecule has 1 heterocycles. The Labute approximate surface area is 154 Å². The van der Waals surface area contributed by atoms with Gasteiger partial charge in [-0.1, -0.05) is 48.0 Å². The number of rotatable bonds is 3. The van der Waals surface area contributed by atoms with Crippen molar-refractivity contribution in [3.8, 4) is 11.1 Å². The van der Waals surface area contributed by atoms with E-state index in [2.05, 4.69) is 17.6 Å². The fraction of sp³-hybridized carbons (Fsp3) is 0.316. The molecule has 0 radical (unpaired) electrons. The number of amides is 1. The Morgan fingerprint density at radius 1 is 1.17 bits per heavy atom. The lowest BCUT2D eigenvalue weighted by Gasteiger charge is -2.30. The van der Waals surface area contributed by atoms with E-state index in [1.165, 1.54) is 0 Å². The average molecular weight is 365 g/mol. The van der Waals surface area contributed by atoms with Crippen molar-refractivity contribution in [1.82, 2.24) is 10.6 Å². The zero-order chi connectivity index (χ0) is 16.2. The monoisotopic (exact) mass is 364 g/mol. The summed E-state index contributed by atoms with van der Waals surface area (Å²) in [5, 5.41) is 7.00. The molecule has 0 spiro atoms. The van der Waals surface area contributed by atoms with Crippen molar-refractivity contribution >= 4 is 29.9 Å². The smallest absolute Gasteiger partial charge is 0.253 e. The number of hydrogen-bond donors (Lipinski definition) is 2. The van der Waals surface area contributed by atoms with Crippen LogP contribution in [0.3, 0.4) is 0 Å². The Balaban J connectivity index is 0.00000208. The predicted molar refractivity (Wildman–Crippen MR) is 102 cm³/mol. The molecular formula is C19H22Cl2N2O. The second kappa shape index (κ2) is 8.52. The Morgan fingerprint density at radius 3 is 2.62 bits per heavy atom. The minimum absolute atomic E-state index is 0.